The van der Waals surface area contributed by atoms with Crippen LogP contribution < -0.4 is 5.73 Å². The van der Waals surface area contributed by atoms with Gasteiger partial charge in [-0.15, -0.1) is 0 Å². The molecular formula is C8H19NOS. The number of rotatable bonds is 6. The van der Waals surface area contributed by atoms with Crippen molar-refractivity contribution in [2.75, 3.05) is 18.9 Å². The average Bonchev–Trinajstić information content (AvgIpc) is 1.97. The fourth-order valence-electron chi connectivity index (χ4n) is 0.601. The minimum absolute atomic E-state index is 0.351. The molecular weight excluding hydrogens is 158 g/mol. The summed E-state index contributed by atoms with van der Waals surface area (Å²) in [4.78, 5) is 0. The van der Waals surface area contributed by atoms with Crippen LogP contribution in [0, 0.1) is 0 Å². The summed E-state index contributed by atoms with van der Waals surface area (Å²) in [5.74, 6) is 1.05. The van der Waals surface area contributed by atoms with E-state index in [1.54, 1.807) is 0 Å². The van der Waals surface area contributed by atoms with E-state index in [-0.39, 0.29) is 0 Å². The second-order valence-corrected chi connectivity index (χ2v) is 4.38. The van der Waals surface area contributed by atoms with Gasteiger partial charge in [0.2, 0.25) is 0 Å². The van der Waals surface area contributed by atoms with Crippen LogP contribution in [0.2, 0.25) is 0 Å². The van der Waals surface area contributed by atoms with E-state index in [9.17, 15) is 0 Å². The van der Waals surface area contributed by atoms with Crippen LogP contribution in [0.1, 0.15) is 20.8 Å². The molecule has 0 aliphatic rings. The maximum Gasteiger partial charge on any atom is 0.0560 e. The molecule has 0 rings (SSSR count). The van der Waals surface area contributed by atoms with E-state index in [2.05, 4.69) is 20.8 Å². The third-order valence-corrected chi connectivity index (χ3v) is 2.43. The van der Waals surface area contributed by atoms with Crippen molar-refractivity contribution in [1.29, 1.82) is 0 Å². The van der Waals surface area contributed by atoms with E-state index in [0.717, 1.165) is 18.9 Å². The Labute approximate surface area is 73.9 Å². The molecule has 0 bridgehead atoms. The lowest BCUT2D eigenvalue weighted by Gasteiger charge is -2.09. The first kappa shape index (κ1) is 11.3. The van der Waals surface area contributed by atoms with E-state index in [0.29, 0.717) is 11.4 Å². The van der Waals surface area contributed by atoms with Crippen molar-refractivity contribution in [2.45, 2.75) is 32.1 Å². The second-order valence-electron chi connectivity index (χ2n) is 2.84. The summed E-state index contributed by atoms with van der Waals surface area (Å²) in [6.45, 7) is 7.84. The molecule has 11 heavy (non-hydrogen) atoms. The van der Waals surface area contributed by atoms with Crippen LogP contribution in [0.5, 0.6) is 0 Å². The first-order valence-electron chi connectivity index (χ1n) is 4.10. The van der Waals surface area contributed by atoms with Gasteiger partial charge in [0.05, 0.1) is 12.7 Å². The van der Waals surface area contributed by atoms with E-state index < -0.39 is 0 Å². The van der Waals surface area contributed by atoms with Gasteiger partial charge < -0.3 is 10.5 Å². The molecule has 0 aromatic heterocycles. The van der Waals surface area contributed by atoms with Crippen LogP contribution in [0.15, 0.2) is 0 Å². The van der Waals surface area contributed by atoms with Gasteiger partial charge in [-0.05, 0) is 13.8 Å². The Hall–Kier alpha value is 0.270. The topological polar surface area (TPSA) is 35.2 Å². The largest absolute Gasteiger partial charge is 0.378 e. The first-order chi connectivity index (χ1) is 5.16. The minimum Gasteiger partial charge on any atom is -0.378 e. The van der Waals surface area contributed by atoms with Crippen molar-refractivity contribution in [2.24, 2.45) is 5.73 Å². The van der Waals surface area contributed by atoms with Crippen molar-refractivity contribution in [3.05, 3.63) is 0 Å². The highest BCUT2D eigenvalue weighted by atomic mass is 32.2. The lowest BCUT2D eigenvalue weighted by molar-refractivity contribution is 0.0920. The SMILES string of the molecule is CC(C)OCCSC(C)CN. The zero-order chi connectivity index (χ0) is 8.69. The molecule has 0 amide bonds. The highest BCUT2D eigenvalue weighted by Crippen LogP contribution is 2.08. The summed E-state index contributed by atoms with van der Waals surface area (Å²) in [5, 5.41) is 0.561. The van der Waals surface area contributed by atoms with Gasteiger partial charge in [0, 0.05) is 17.5 Å². The number of ether oxygens (including phenoxy) is 1. The molecule has 0 aliphatic carbocycles. The van der Waals surface area contributed by atoms with Gasteiger partial charge in [-0.25, -0.2) is 0 Å². The Morgan fingerprint density at radius 1 is 1.36 bits per heavy atom. The standard InChI is InChI=1S/C8H19NOS/c1-7(2)10-4-5-11-8(3)6-9/h7-8H,4-6,9H2,1-3H3. The Morgan fingerprint density at radius 3 is 2.45 bits per heavy atom. The Balaban J connectivity index is 3.01. The van der Waals surface area contributed by atoms with E-state index >= 15 is 0 Å². The molecule has 0 aliphatic heterocycles. The van der Waals surface area contributed by atoms with Gasteiger partial charge in [-0.2, -0.15) is 11.8 Å². The van der Waals surface area contributed by atoms with Crippen LogP contribution in [0.25, 0.3) is 0 Å². The summed E-state index contributed by atoms with van der Waals surface area (Å²) < 4.78 is 5.38. The molecule has 0 aromatic carbocycles. The highest BCUT2D eigenvalue weighted by Gasteiger charge is 1.99. The van der Waals surface area contributed by atoms with Crippen molar-refractivity contribution >= 4 is 11.8 Å². The maximum absolute atomic E-state index is 5.45. The summed E-state index contributed by atoms with van der Waals surface area (Å²) in [6.07, 6.45) is 0.351. The van der Waals surface area contributed by atoms with Crippen molar-refractivity contribution in [3.63, 3.8) is 0 Å². The summed E-state index contributed by atoms with van der Waals surface area (Å²) >= 11 is 1.87. The van der Waals surface area contributed by atoms with Crippen molar-refractivity contribution in [1.82, 2.24) is 0 Å². The smallest absolute Gasteiger partial charge is 0.0560 e. The molecule has 0 saturated carbocycles. The van der Waals surface area contributed by atoms with Gasteiger partial charge >= 0.3 is 0 Å². The first-order valence-corrected chi connectivity index (χ1v) is 5.15. The lowest BCUT2D eigenvalue weighted by atomic mass is 10.5. The third-order valence-electron chi connectivity index (χ3n) is 1.27. The Bertz CT molecular complexity index is 88.2. The van der Waals surface area contributed by atoms with Crippen LogP contribution in [0.3, 0.4) is 0 Å². The predicted octanol–water partition coefficient (Wildman–Crippen LogP) is 1.49. The average molecular weight is 177 g/mol. The van der Waals surface area contributed by atoms with E-state index in [1.807, 2.05) is 11.8 Å². The summed E-state index contributed by atoms with van der Waals surface area (Å²) in [5.41, 5.74) is 5.45. The van der Waals surface area contributed by atoms with E-state index in [4.69, 9.17) is 10.5 Å². The van der Waals surface area contributed by atoms with Crippen LogP contribution >= 0.6 is 11.8 Å². The van der Waals surface area contributed by atoms with Crippen molar-refractivity contribution < 1.29 is 4.74 Å². The number of nitrogens with two attached hydrogens (primary N) is 1. The quantitative estimate of drug-likeness (QED) is 0.624. The third kappa shape index (κ3) is 8.17. The lowest BCUT2D eigenvalue weighted by Crippen LogP contribution is -2.14. The summed E-state index contributed by atoms with van der Waals surface area (Å²) in [7, 11) is 0. The van der Waals surface area contributed by atoms with E-state index in [1.165, 1.54) is 0 Å². The van der Waals surface area contributed by atoms with Gasteiger partial charge in [0.1, 0.15) is 0 Å². The molecule has 0 radical (unpaired) electrons. The molecule has 2 N–H and O–H groups in total. The number of hydrogen-bond donors (Lipinski definition) is 1. The highest BCUT2D eigenvalue weighted by molar-refractivity contribution is 7.99. The molecule has 1 atom stereocenters. The molecule has 1 unspecified atom stereocenters. The summed E-state index contributed by atoms with van der Waals surface area (Å²) in [6, 6.07) is 0. The van der Waals surface area contributed by atoms with Crippen LogP contribution in [0.4, 0.5) is 0 Å². The molecule has 0 fully saturated rings. The zero-order valence-electron chi connectivity index (χ0n) is 7.67. The normalized spacial score (nSPS) is 13.9. The minimum atomic E-state index is 0.351. The molecule has 68 valence electrons. The zero-order valence-corrected chi connectivity index (χ0v) is 8.49. The predicted molar refractivity (Wildman–Crippen MR) is 52.1 cm³/mol. The van der Waals surface area contributed by atoms with Crippen LogP contribution in [-0.4, -0.2) is 30.3 Å². The van der Waals surface area contributed by atoms with Gasteiger partial charge in [0.15, 0.2) is 0 Å². The monoisotopic (exact) mass is 177 g/mol. The van der Waals surface area contributed by atoms with Crippen LogP contribution in [-0.2, 0) is 4.74 Å². The number of hydrogen-bond acceptors (Lipinski definition) is 3. The molecule has 0 aromatic rings. The maximum atomic E-state index is 5.45. The molecule has 0 spiro atoms. The fourth-order valence-corrected chi connectivity index (χ4v) is 1.33. The fraction of sp³-hybridized carbons (Fsp3) is 1.00. The molecule has 0 saturated heterocycles. The Kier molecular flexibility index (Phi) is 7.12. The second kappa shape index (κ2) is 6.95. The van der Waals surface area contributed by atoms with Crippen molar-refractivity contribution in [3.8, 4) is 0 Å². The van der Waals surface area contributed by atoms with Gasteiger partial charge in [-0.3, -0.25) is 0 Å². The molecule has 3 heteroatoms. The Morgan fingerprint density at radius 2 is 2.00 bits per heavy atom. The van der Waals surface area contributed by atoms with Gasteiger partial charge in [-0.1, -0.05) is 6.92 Å². The molecule has 0 heterocycles. The number of thioether (sulfide) groups is 1. The van der Waals surface area contributed by atoms with Gasteiger partial charge in [0.25, 0.3) is 0 Å². The molecule has 2 nitrogen and oxygen atoms in total.